The maximum atomic E-state index is 9.80. The van der Waals surface area contributed by atoms with Crippen LogP contribution in [0, 0.1) is 19.8 Å². The summed E-state index contributed by atoms with van der Waals surface area (Å²) >= 11 is 0. The molecule has 1 aliphatic heterocycles. The molecule has 1 aliphatic carbocycles. The van der Waals surface area contributed by atoms with Gasteiger partial charge in [-0.2, -0.15) is 0 Å². The van der Waals surface area contributed by atoms with Crippen LogP contribution in [0.2, 0.25) is 0 Å². The van der Waals surface area contributed by atoms with Gasteiger partial charge in [-0.1, -0.05) is 24.6 Å². The minimum Gasteiger partial charge on any atom is -0.508 e. The lowest BCUT2D eigenvalue weighted by molar-refractivity contribution is 0.104. The van der Waals surface area contributed by atoms with E-state index in [2.05, 4.69) is 32.0 Å². The molecule has 4 rings (SSSR count). The molecule has 2 nitrogen and oxygen atoms in total. The number of aryl methyl sites for hydroxylation is 2. The van der Waals surface area contributed by atoms with Gasteiger partial charge in [0.1, 0.15) is 17.6 Å². The van der Waals surface area contributed by atoms with Crippen LogP contribution in [0.25, 0.3) is 0 Å². The molecule has 0 aromatic heterocycles. The second-order valence-corrected chi connectivity index (χ2v) is 6.81. The summed E-state index contributed by atoms with van der Waals surface area (Å²) in [5.74, 6) is 2.33. The van der Waals surface area contributed by atoms with Crippen molar-refractivity contribution in [2.75, 3.05) is 0 Å². The number of phenolic OH excluding ortho intramolecular Hbond substituents is 1. The number of phenols is 1. The third-order valence-electron chi connectivity index (χ3n) is 5.46. The molecule has 0 unspecified atom stereocenters. The Balaban J connectivity index is 1.78. The SMILES string of the molecule is Cc1ccc([C@@H]2Oc3ccc(O)cc3[C@H]3CCC[C@H]32)cc1C. The number of benzene rings is 2. The molecule has 0 amide bonds. The van der Waals surface area contributed by atoms with Crippen molar-refractivity contribution in [3.8, 4) is 11.5 Å². The maximum absolute atomic E-state index is 9.80. The number of aromatic hydroxyl groups is 1. The molecule has 0 saturated heterocycles. The zero-order valence-corrected chi connectivity index (χ0v) is 13.2. The predicted octanol–water partition coefficient (Wildman–Crippen LogP) is 5.03. The molecule has 2 aromatic rings. The minimum absolute atomic E-state index is 0.142. The van der Waals surface area contributed by atoms with Crippen LogP contribution < -0.4 is 4.74 Å². The summed E-state index contributed by atoms with van der Waals surface area (Å²) in [6.07, 6.45) is 3.79. The van der Waals surface area contributed by atoms with Crippen molar-refractivity contribution < 1.29 is 9.84 Å². The Morgan fingerprint density at radius 3 is 2.68 bits per heavy atom. The average Bonchev–Trinajstić information content (AvgIpc) is 2.99. The fraction of sp³-hybridized carbons (Fsp3) is 0.400. The van der Waals surface area contributed by atoms with E-state index in [0.29, 0.717) is 17.6 Å². The second-order valence-electron chi connectivity index (χ2n) is 6.81. The van der Waals surface area contributed by atoms with Gasteiger partial charge in [-0.3, -0.25) is 0 Å². The van der Waals surface area contributed by atoms with Crippen molar-refractivity contribution >= 4 is 0 Å². The van der Waals surface area contributed by atoms with Crippen molar-refractivity contribution in [1.29, 1.82) is 0 Å². The van der Waals surface area contributed by atoms with Gasteiger partial charge in [-0.05, 0) is 67.5 Å². The Kier molecular flexibility index (Phi) is 3.14. The topological polar surface area (TPSA) is 29.5 Å². The Morgan fingerprint density at radius 1 is 1.00 bits per heavy atom. The lowest BCUT2D eigenvalue weighted by atomic mass is 9.79. The van der Waals surface area contributed by atoms with Crippen molar-refractivity contribution in [3.05, 3.63) is 58.7 Å². The molecular formula is C20H22O2. The van der Waals surface area contributed by atoms with Crippen molar-refractivity contribution in [1.82, 2.24) is 0 Å². The van der Waals surface area contributed by atoms with Crippen molar-refractivity contribution in [3.63, 3.8) is 0 Å². The van der Waals surface area contributed by atoms with Gasteiger partial charge in [0.05, 0.1) is 0 Å². The van der Waals surface area contributed by atoms with Crippen LogP contribution in [0.15, 0.2) is 36.4 Å². The standard InChI is InChI=1S/C20H22O2/c1-12-6-7-14(10-13(12)2)20-17-5-3-4-16(17)18-11-15(21)8-9-19(18)22-20/h6-11,16-17,20-21H,3-5H2,1-2H3/t16-,17+,20-/m0/s1. The molecule has 1 heterocycles. The van der Waals surface area contributed by atoms with Gasteiger partial charge < -0.3 is 9.84 Å². The number of ether oxygens (including phenoxy) is 1. The number of hydrogen-bond donors (Lipinski definition) is 1. The lowest BCUT2D eigenvalue weighted by Gasteiger charge is -2.36. The average molecular weight is 294 g/mol. The molecule has 0 spiro atoms. The fourth-order valence-electron chi connectivity index (χ4n) is 4.15. The summed E-state index contributed by atoms with van der Waals surface area (Å²) in [5.41, 5.74) is 5.14. The summed E-state index contributed by atoms with van der Waals surface area (Å²) in [4.78, 5) is 0. The smallest absolute Gasteiger partial charge is 0.127 e. The first-order valence-electron chi connectivity index (χ1n) is 8.20. The second kappa shape index (κ2) is 5.05. The lowest BCUT2D eigenvalue weighted by Crippen LogP contribution is -2.26. The maximum Gasteiger partial charge on any atom is 0.127 e. The predicted molar refractivity (Wildman–Crippen MR) is 87.5 cm³/mol. The summed E-state index contributed by atoms with van der Waals surface area (Å²) in [6, 6.07) is 12.2. The van der Waals surface area contributed by atoms with Crippen LogP contribution in [0.3, 0.4) is 0 Å². The van der Waals surface area contributed by atoms with Gasteiger partial charge in [0.25, 0.3) is 0 Å². The molecule has 22 heavy (non-hydrogen) atoms. The van der Waals surface area contributed by atoms with E-state index >= 15 is 0 Å². The van der Waals surface area contributed by atoms with Gasteiger partial charge in [0.2, 0.25) is 0 Å². The van der Waals surface area contributed by atoms with E-state index in [1.807, 2.05) is 12.1 Å². The quantitative estimate of drug-likeness (QED) is 0.799. The van der Waals surface area contributed by atoms with E-state index in [1.54, 1.807) is 6.07 Å². The van der Waals surface area contributed by atoms with E-state index in [0.717, 1.165) is 5.75 Å². The van der Waals surface area contributed by atoms with Crippen LogP contribution >= 0.6 is 0 Å². The molecule has 0 bridgehead atoms. The highest BCUT2D eigenvalue weighted by atomic mass is 16.5. The number of fused-ring (bicyclic) bond motifs is 3. The zero-order valence-electron chi connectivity index (χ0n) is 13.2. The van der Waals surface area contributed by atoms with Gasteiger partial charge in [0.15, 0.2) is 0 Å². The first-order chi connectivity index (χ1) is 10.6. The molecule has 2 aromatic carbocycles. The monoisotopic (exact) mass is 294 g/mol. The third kappa shape index (κ3) is 2.09. The molecule has 0 radical (unpaired) electrons. The van der Waals surface area contributed by atoms with Crippen LogP contribution in [-0.4, -0.2) is 5.11 Å². The van der Waals surface area contributed by atoms with Crippen LogP contribution in [0.1, 0.15) is 53.5 Å². The van der Waals surface area contributed by atoms with Gasteiger partial charge in [-0.15, -0.1) is 0 Å². The molecule has 2 heteroatoms. The Bertz CT molecular complexity index is 720. The van der Waals surface area contributed by atoms with E-state index in [1.165, 1.54) is 41.5 Å². The van der Waals surface area contributed by atoms with Gasteiger partial charge >= 0.3 is 0 Å². The van der Waals surface area contributed by atoms with E-state index < -0.39 is 0 Å². The largest absolute Gasteiger partial charge is 0.508 e. The number of rotatable bonds is 1. The van der Waals surface area contributed by atoms with Gasteiger partial charge in [0, 0.05) is 11.5 Å². The van der Waals surface area contributed by atoms with Crippen molar-refractivity contribution in [2.45, 2.75) is 45.1 Å². The highest BCUT2D eigenvalue weighted by Crippen LogP contribution is 2.54. The molecule has 114 valence electrons. The summed E-state index contributed by atoms with van der Waals surface area (Å²) in [7, 11) is 0. The first-order valence-corrected chi connectivity index (χ1v) is 8.20. The fourth-order valence-corrected chi connectivity index (χ4v) is 4.15. The molecule has 1 saturated carbocycles. The first kappa shape index (κ1) is 13.7. The molecule has 2 aliphatic rings. The van der Waals surface area contributed by atoms with Gasteiger partial charge in [-0.25, -0.2) is 0 Å². The number of hydrogen-bond acceptors (Lipinski definition) is 2. The van der Waals surface area contributed by atoms with E-state index in [9.17, 15) is 5.11 Å². The highest BCUT2D eigenvalue weighted by Gasteiger charge is 2.42. The van der Waals surface area contributed by atoms with Crippen LogP contribution in [0.5, 0.6) is 11.5 Å². The Morgan fingerprint density at radius 2 is 1.86 bits per heavy atom. The summed E-state index contributed by atoms with van der Waals surface area (Å²) in [5, 5.41) is 9.80. The van der Waals surface area contributed by atoms with Crippen LogP contribution in [0.4, 0.5) is 0 Å². The normalized spacial score (nSPS) is 26.2. The summed E-state index contributed by atoms with van der Waals surface area (Å²) in [6.45, 7) is 4.32. The van der Waals surface area contributed by atoms with E-state index in [4.69, 9.17) is 4.74 Å². The minimum atomic E-state index is 0.142. The van der Waals surface area contributed by atoms with Crippen LogP contribution in [-0.2, 0) is 0 Å². The molecule has 3 atom stereocenters. The molecule has 1 N–H and O–H groups in total. The zero-order chi connectivity index (χ0) is 15.3. The highest BCUT2D eigenvalue weighted by molar-refractivity contribution is 5.46. The Hall–Kier alpha value is -1.96. The molecule has 1 fully saturated rings. The summed E-state index contributed by atoms with van der Waals surface area (Å²) < 4.78 is 6.37. The third-order valence-corrected chi connectivity index (χ3v) is 5.46. The Labute approximate surface area is 131 Å². The van der Waals surface area contributed by atoms with Crippen molar-refractivity contribution in [2.24, 2.45) is 5.92 Å². The molecular weight excluding hydrogens is 272 g/mol. The van der Waals surface area contributed by atoms with E-state index in [-0.39, 0.29) is 6.10 Å².